The average Bonchev–Trinajstić information content (AvgIpc) is 3.58. The summed E-state index contributed by atoms with van der Waals surface area (Å²) in [5.74, 6) is -0.379. The number of esters is 1. The van der Waals surface area contributed by atoms with E-state index in [2.05, 4.69) is 56.3 Å². The number of pyridine rings is 1. The number of hydrogen-bond donors (Lipinski definition) is 4. The molecule has 2 aromatic carbocycles. The van der Waals surface area contributed by atoms with E-state index in [9.17, 15) is 29.4 Å². The van der Waals surface area contributed by atoms with Crippen molar-refractivity contribution in [1.29, 1.82) is 0 Å². The van der Waals surface area contributed by atoms with Gasteiger partial charge in [-0.1, -0.05) is 50.6 Å². The first kappa shape index (κ1) is 47.6. The lowest BCUT2D eigenvalue weighted by Crippen LogP contribution is -2.62. The van der Waals surface area contributed by atoms with Crippen LogP contribution in [0, 0.1) is 41.4 Å². The van der Waals surface area contributed by atoms with Crippen LogP contribution >= 0.6 is 0 Å². The summed E-state index contributed by atoms with van der Waals surface area (Å²) in [4.78, 5) is 67.0. The molecule has 4 aromatic rings. The lowest BCUT2D eigenvalue weighted by Gasteiger charge is -2.60. The predicted molar refractivity (Wildman–Crippen MR) is 256 cm³/mol. The zero-order valence-corrected chi connectivity index (χ0v) is 39.4. The van der Waals surface area contributed by atoms with E-state index in [-0.39, 0.29) is 35.4 Å². The number of aromatic nitrogens is 3. The number of hydrogen-bond acceptors (Lipinski definition) is 13. The fourth-order valence-electron chi connectivity index (χ4n) is 11.8. The molecule has 67 heavy (non-hydrogen) atoms. The largest absolute Gasteiger partial charge is 0.458 e. The summed E-state index contributed by atoms with van der Waals surface area (Å²) in [6.07, 6.45) is 11.9. The lowest BCUT2D eigenvalue weighted by atomic mass is 9.45. The highest BCUT2D eigenvalue weighted by Crippen LogP contribution is 2.67. The number of aryl methyl sites for hydroxylation is 1. The summed E-state index contributed by atoms with van der Waals surface area (Å²) in [5.41, 5.74) is 4.37. The molecule has 5 aliphatic rings. The summed E-state index contributed by atoms with van der Waals surface area (Å²) in [7, 11) is 2.16. The van der Waals surface area contributed by atoms with Gasteiger partial charge >= 0.3 is 5.97 Å². The highest BCUT2D eigenvalue weighted by atomic mass is 16.5. The molecule has 2 aromatic heterocycles. The zero-order chi connectivity index (χ0) is 47.7. The van der Waals surface area contributed by atoms with Gasteiger partial charge in [0.05, 0.1) is 11.8 Å². The number of carbonyl (C=O) groups is 4. The quantitative estimate of drug-likeness (QED) is 0.120. The Labute approximate surface area is 393 Å². The number of ketones is 2. The van der Waals surface area contributed by atoms with Crippen molar-refractivity contribution < 1.29 is 34.1 Å². The smallest absolute Gasteiger partial charge is 0.303 e. The molecule has 4 fully saturated rings. The Bertz CT molecular complexity index is 2560. The maximum atomic E-state index is 12.9. The van der Waals surface area contributed by atoms with Crippen molar-refractivity contribution in [2.75, 3.05) is 50.5 Å². The zero-order valence-electron chi connectivity index (χ0n) is 39.4. The number of ether oxygens (including phenoxy) is 1. The molecule has 1 aliphatic heterocycles. The first-order valence-electron chi connectivity index (χ1n) is 23.4. The highest BCUT2D eigenvalue weighted by Gasteiger charge is 2.68. The normalized spacial score (nSPS) is 29.0. The number of piperazine rings is 1. The molecule has 9 rings (SSSR count). The summed E-state index contributed by atoms with van der Waals surface area (Å²) in [6.45, 7) is 14.2. The summed E-state index contributed by atoms with van der Waals surface area (Å²) in [5, 5.41) is 29.2. The van der Waals surface area contributed by atoms with Crippen LogP contribution in [0.1, 0.15) is 74.9 Å². The second kappa shape index (κ2) is 19.4. The van der Waals surface area contributed by atoms with Gasteiger partial charge < -0.3 is 30.5 Å². The fraction of sp³-hybridized carbons (Fsp3) is 0.453. The number of benzene rings is 2. The molecule has 1 saturated heterocycles. The van der Waals surface area contributed by atoms with Crippen molar-refractivity contribution in [3.63, 3.8) is 0 Å². The van der Waals surface area contributed by atoms with E-state index in [0.29, 0.717) is 36.5 Å². The van der Waals surface area contributed by atoms with Gasteiger partial charge in [-0.25, -0.2) is 9.97 Å². The minimum Gasteiger partial charge on any atom is -0.458 e. The van der Waals surface area contributed by atoms with Crippen LogP contribution in [0.4, 0.5) is 17.3 Å². The number of Topliss-reactive ketones (excluding diaryl/α,β-unsaturated/α-hetero) is 1. The topological polar surface area (TPSA) is 187 Å². The lowest BCUT2D eigenvalue weighted by molar-refractivity contribution is -0.182. The monoisotopic (exact) mass is 909 g/mol. The third-order valence-corrected chi connectivity index (χ3v) is 15.4. The summed E-state index contributed by atoms with van der Waals surface area (Å²) in [6, 6.07) is 19.3. The second-order valence-corrected chi connectivity index (χ2v) is 19.7. The molecule has 352 valence electrons. The summed E-state index contributed by atoms with van der Waals surface area (Å²) >= 11 is 0. The fourth-order valence-corrected chi connectivity index (χ4v) is 11.8. The number of aliphatic hydroxyl groups excluding tert-OH is 1. The van der Waals surface area contributed by atoms with E-state index in [0.717, 1.165) is 67.2 Å². The number of likely N-dealkylation sites (N-methyl/N-ethyl adjacent to an activating group) is 1. The number of aliphatic hydroxyl groups is 2. The molecule has 1 amide bonds. The van der Waals surface area contributed by atoms with E-state index in [1.165, 1.54) is 12.5 Å². The number of anilines is 3. The SMILES string of the molecule is CC(=O)OCC(=O)[C@@]1(O)CC[C@H]2[C@@H]3C[C@H](C)C4=CC(=O)C=C[C@]4(C)[C@H]3[C@@H](O)C[C@@]21C.Cc1ccc(NC(=O)c2ccc(CN3CCN(C)CC3)cc2)cc1Nc1nccc(-c2cccnc2)n1. The van der Waals surface area contributed by atoms with Crippen molar-refractivity contribution in [2.24, 2.45) is 34.5 Å². The molecule has 4 N–H and O–H groups in total. The maximum absolute atomic E-state index is 12.9. The van der Waals surface area contributed by atoms with Crippen LogP contribution in [-0.2, 0) is 25.7 Å². The molecule has 14 heteroatoms. The number of fused-ring (bicyclic) bond motifs is 5. The maximum Gasteiger partial charge on any atom is 0.303 e. The standard InChI is InChI=1S/C29H31N7O.C24H32O6/c1-21-5-10-25(18-27(21)34-29-31-13-11-26(33-29)24-4-3-12-30-19-24)32-28(37)23-8-6-22(7-9-23)20-36-16-14-35(2)15-17-36;1-13-9-16-17-6-8-24(29,20(28)12-30-14(2)25)23(17,4)11-19(27)21(16)22(3)7-5-15(26)10-18(13)22/h3-13,18-19H,14-17,20H2,1-2H3,(H,32,37)(H,31,33,34);5,7,10,13,16-17,19,21,27,29H,6,8-9,11-12H2,1-4H3/t;13-,16-,17-,19-,21+,22-,23-,24-/m.0/s1. The van der Waals surface area contributed by atoms with Crippen molar-refractivity contribution in [1.82, 2.24) is 24.8 Å². The van der Waals surface area contributed by atoms with Crippen LogP contribution < -0.4 is 10.6 Å². The van der Waals surface area contributed by atoms with Gasteiger partial charge in [0.15, 0.2) is 12.4 Å². The van der Waals surface area contributed by atoms with Gasteiger partial charge in [-0.2, -0.15) is 0 Å². The van der Waals surface area contributed by atoms with Crippen molar-refractivity contribution in [3.05, 3.63) is 120 Å². The van der Waals surface area contributed by atoms with Crippen LogP contribution in [0.5, 0.6) is 0 Å². The Balaban J connectivity index is 0.000000186. The molecule has 0 unspecified atom stereocenters. The van der Waals surface area contributed by atoms with Gasteiger partial charge in [-0.05, 0) is 123 Å². The molecule has 4 aliphatic carbocycles. The molecule has 14 nitrogen and oxygen atoms in total. The molecular weight excluding hydrogens is 847 g/mol. The molecule has 3 saturated carbocycles. The third kappa shape index (κ3) is 9.76. The van der Waals surface area contributed by atoms with Gasteiger partial charge in [-0.3, -0.25) is 29.1 Å². The highest BCUT2D eigenvalue weighted by molar-refractivity contribution is 6.04. The van der Waals surface area contributed by atoms with E-state index < -0.39 is 40.9 Å². The van der Waals surface area contributed by atoms with Crippen molar-refractivity contribution in [2.45, 2.75) is 78.6 Å². The van der Waals surface area contributed by atoms with Crippen LogP contribution in [-0.4, -0.2) is 110 Å². The average molecular weight is 910 g/mol. The first-order chi connectivity index (χ1) is 32.0. The van der Waals surface area contributed by atoms with Crippen molar-refractivity contribution >= 4 is 40.8 Å². The molecule has 3 heterocycles. The third-order valence-electron chi connectivity index (χ3n) is 15.4. The van der Waals surface area contributed by atoms with E-state index in [1.54, 1.807) is 30.7 Å². The molecule has 0 spiro atoms. The van der Waals surface area contributed by atoms with Crippen LogP contribution in [0.25, 0.3) is 11.3 Å². The van der Waals surface area contributed by atoms with Gasteiger partial charge in [0.25, 0.3) is 5.91 Å². The van der Waals surface area contributed by atoms with Gasteiger partial charge in [-0.15, -0.1) is 0 Å². The second-order valence-electron chi connectivity index (χ2n) is 19.7. The van der Waals surface area contributed by atoms with E-state index >= 15 is 0 Å². The number of nitrogens with one attached hydrogen (secondary N) is 2. The number of amides is 1. The number of nitrogens with zero attached hydrogens (tertiary/aromatic N) is 5. The van der Waals surface area contributed by atoms with E-state index in [4.69, 9.17) is 4.74 Å². The number of rotatable bonds is 10. The number of carbonyl (C=O) groups excluding carboxylic acids is 4. The Morgan fingerprint density at radius 3 is 2.48 bits per heavy atom. The van der Waals surface area contributed by atoms with Crippen LogP contribution in [0.2, 0.25) is 0 Å². The Morgan fingerprint density at radius 2 is 1.76 bits per heavy atom. The van der Waals surface area contributed by atoms with Gasteiger partial charge in [0.2, 0.25) is 11.7 Å². The Hall–Kier alpha value is -5.93. The Kier molecular flexibility index (Phi) is 13.7. The molecule has 0 radical (unpaired) electrons. The predicted octanol–water partition coefficient (Wildman–Crippen LogP) is 6.96. The number of allylic oxidation sites excluding steroid dienone is 4. The minimum atomic E-state index is -1.61. The molecule has 8 atom stereocenters. The molecule has 0 bridgehead atoms. The van der Waals surface area contributed by atoms with E-state index in [1.807, 2.05) is 80.6 Å². The summed E-state index contributed by atoms with van der Waals surface area (Å²) < 4.78 is 4.89. The Morgan fingerprint density at radius 1 is 1.00 bits per heavy atom. The van der Waals surface area contributed by atoms with Crippen molar-refractivity contribution in [3.8, 4) is 11.3 Å². The van der Waals surface area contributed by atoms with Gasteiger partial charge in [0, 0.05) is 97.5 Å². The van der Waals surface area contributed by atoms with Gasteiger partial charge in [0.1, 0.15) is 5.60 Å². The minimum absolute atomic E-state index is 0.00535. The van der Waals surface area contributed by atoms with Crippen LogP contribution in [0.3, 0.4) is 0 Å². The van der Waals surface area contributed by atoms with Crippen LogP contribution in [0.15, 0.2) is 103 Å². The first-order valence-corrected chi connectivity index (χ1v) is 23.4. The molecular formula is C53H63N7O7.